The van der Waals surface area contributed by atoms with Crippen LogP contribution in [0, 0.1) is 0 Å². The average Bonchev–Trinajstić information content (AvgIpc) is 3.35. The zero-order valence-corrected chi connectivity index (χ0v) is 16.5. The van der Waals surface area contributed by atoms with Crippen molar-refractivity contribution in [1.82, 2.24) is 24.9 Å². The summed E-state index contributed by atoms with van der Waals surface area (Å²) in [7, 11) is 0. The molecule has 148 valence electrons. The molecule has 5 heterocycles. The maximum Gasteiger partial charge on any atom is 0.225 e. The van der Waals surface area contributed by atoms with E-state index in [4.69, 9.17) is 9.97 Å². The normalized spacial score (nSPS) is 19.5. The summed E-state index contributed by atoms with van der Waals surface area (Å²) in [4.78, 5) is 27.6. The van der Waals surface area contributed by atoms with Gasteiger partial charge in [-0.2, -0.15) is 0 Å². The molecule has 1 atom stereocenters. The number of hydrogen-bond donors (Lipinski definition) is 0. The molecule has 2 saturated heterocycles. The second-order valence-corrected chi connectivity index (χ2v) is 7.74. The van der Waals surface area contributed by atoms with E-state index in [0.29, 0.717) is 5.92 Å². The van der Waals surface area contributed by atoms with Gasteiger partial charge in [0, 0.05) is 74.2 Å². The van der Waals surface area contributed by atoms with Crippen LogP contribution in [0.1, 0.15) is 37.3 Å². The van der Waals surface area contributed by atoms with Gasteiger partial charge in [0.2, 0.25) is 11.9 Å². The zero-order valence-electron chi connectivity index (χ0n) is 16.5. The van der Waals surface area contributed by atoms with E-state index in [1.54, 1.807) is 6.20 Å². The Morgan fingerprint density at radius 3 is 2.41 bits per heavy atom. The molecule has 3 aromatic rings. The van der Waals surface area contributed by atoms with E-state index in [0.717, 1.165) is 67.7 Å². The molecule has 0 unspecified atom stereocenters. The Kier molecular flexibility index (Phi) is 5.02. The second kappa shape index (κ2) is 8.11. The van der Waals surface area contributed by atoms with Crippen molar-refractivity contribution in [2.45, 2.75) is 31.6 Å². The van der Waals surface area contributed by atoms with Crippen LogP contribution in [0.2, 0.25) is 0 Å². The van der Waals surface area contributed by atoms with Crippen molar-refractivity contribution in [1.29, 1.82) is 0 Å². The summed E-state index contributed by atoms with van der Waals surface area (Å²) in [6.07, 6.45) is 13.9. The van der Waals surface area contributed by atoms with Gasteiger partial charge in [0.05, 0.1) is 5.69 Å². The van der Waals surface area contributed by atoms with Crippen LogP contribution >= 0.6 is 0 Å². The van der Waals surface area contributed by atoms with E-state index in [1.165, 1.54) is 12.8 Å². The van der Waals surface area contributed by atoms with Crippen molar-refractivity contribution in [3.63, 3.8) is 0 Å². The summed E-state index contributed by atoms with van der Waals surface area (Å²) < 4.78 is 0. The van der Waals surface area contributed by atoms with Crippen molar-refractivity contribution in [3.8, 4) is 11.1 Å². The predicted octanol–water partition coefficient (Wildman–Crippen LogP) is 3.31. The summed E-state index contributed by atoms with van der Waals surface area (Å²) >= 11 is 0. The molecule has 5 rings (SSSR count). The molecule has 0 N–H and O–H groups in total. The lowest BCUT2D eigenvalue weighted by Gasteiger charge is -2.33. The van der Waals surface area contributed by atoms with E-state index in [1.807, 2.05) is 36.9 Å². The first-order valence-corrected chi connectivity index (χ1v) is 10.4. The van der Waals surface area contributed by atoms with Gasteiger partial charge in [-0.25, -0.2) is 19.9 Å². The Labute approximate surface area is 170 Å². The minimum absolute atomic E-state index is 0.312. The van der Waals surface area contributed by atoms with Crippen molar-refractivity contribution in [3.05, 3.63) is 54.9 Å². The van der Waals surface area contributed by atoms with Crippen LogP contribution in [0.4, 0.5) is 11.9 Å². The third-order valence-electron chi connectivity index (χ3n) is 5.81. The van der Waals surface area contributed by atoms with Crippen molar-refractivity contribution >= 4 is 11.9 Å². The molecule has 2 fully saturated rings. The average molecular weight is 387 g/mol. The standard InChI is InChI=1S/C22H25N7/c1-2-12-28(11-1)22-26-15-19(17-6-3-8-23-14-17)20(27-22)18-7-4-13-29(16-18)21-24-9-5-10-25-21/h3,5-6,8-10,14-15,18H,1-2,4,7,11-13,16H2/t18-/m1/s1. The summed E-state index contributed by atoms with van der Waals surface area (Å²) in [5.74, 6) is 1.97. The first-order valence-electron chi connectivity index (χ1n) is 10.4. The van der Waals surface area contributed by atoms with Crippen LogP contribution in [0.25, 0.3) is 11.1 Å². The van der Waals surface area contributed by atoms with Gasteiger partial charge < -0.3 is 9.80 Å². The van der Waals surface area contributed by atoms with E-state index in [9.17, 15) is 0 Å². The topological polar surface area (TPSA) is 70.9 Å². The van der Waals surface area contributed by atoms with Crippen molar-refractivity contribution in [2.24, 2.45) is 0 Å². The monoisotopic (exact) mass is 387 g/mol. The molecule has 0 spiro atoms. The van der Waals surface area contributed by atoms with E-state index < -0.39 is 0 Å². The number of rotatable bonds is 4. The summed E-state index contributed by atoms with van der Waals surface area (Å²) in [5, 5.41) is 0. The van der Waals surface area contributed by atoms with Gasteiger partial charge in [-0.05, 0) is 37.8 Å². The molecule has 0 radical (unpaired) electrons. The molecule has 0 bridgehead atoms. The minimum atomic E-state index is 0.312. The Hall–Kier alpha value is -3.09. The molecule has 7 heteroatoms. The van der Waals surface area contributed by atoms with Crippen molar-refractivity contribution < 1.29 is 0 Å². The third-order valence-corrected chi connectivity index (χ3v) is 5.81. The lowest BCUT2D eigenvalue weighted by molar-refractivity contribution is 0.495. The van der Waals surface area contributed by atoms with Crippen LogP contribution < -0.4 is 9.80 Å². The highest BCUT2D eigenvalue weighted by Gasteiger charge is 2.28. The molecule has 3 aromatic heterocycles. The molecule has 7 nitrogen and oxygen atoms in total. The lowest BCUT2D eigenvalue weighted by atomic mass is 9.90. The highest BCUT2D eigenvalue weighted by molar-refractivity contribution is 5.66. The van der Waals surface area contributed by atoms with Gasteiger partial charge in [0.15, 0.2) is 0 Å². The van der Waals surface area contributed by atoms with Crippen LogP contribution in [0.3, 0.4) is 0 Å². The van der Waals surface area contributed by atoms with Gasteiger partial charge in [0.1, 0.15) is 0 Å². The fraction of sp³-hybridized carbons (Fsp3) is 0.409. The van der Waals surface area contributed by atoms with Gasteiger partial charge in [-0.15, -0.1) is 0 Å². The number of piperidine rings is 1. The Morgan fingerprint density at radius 1 is 0.793 bits per heavy atom. The van der Waals surface area contributed by atoms with Gasteiger partial charge in [0.25, 0.3) is 0 Å². The highest BCUT2D eigenvalue weighted by Crippen LogP contribution is 2.34. The Morgan fingerprint density at radius 2 is 1.62 bits per heavy atom. The quantitative estimate of drug-likeness (QED) is 0.680. The Balaban J connectivity index is 1.51. The fourth-order valence-electron chi connectivity index (χ4n) is 4.35. The molecule has 29 heavy (non-hydrogen) atoms. The van der Waals surface area contributed by atoms with Crippen LogP contribution in [0.5, 0.6) is 0 Å². The summed E-state index contributed by atoms with van der Waals surface area (Å²) in [6.45, 7) is 3.93. The van der Waals surface area contributed by atoms with E-state index in [-0.39, 0.29) is 0 Å². The predicted molar refractivity (Wildman–Crippen MR) is 113 cm³/mol. The van der Waals surface area contributed by atoms with Gasteiger partial charge >= 0.3 is 0 Å². The summed E-state index contributed by atoms with van der Waals surface area (Å²) in [5.41, 5.74) is 3.28. The fourth-order valence-corrected chi connectivity index (χ4v) is 4.35. The van der Waals surface area contributed by atoms with Gasteiger partial charge in [-0.1, -0.05) is 6.07 Å². The zero-order chi connectivity index (χ0) is 19.5. The Bertz CT molecular complexity index is 942. The number of nitrogens with zero attached hydrogens (tertiary/aromatic N) is 7. The van der Waals surface area contributed by atoms with Crippen LogP contribution in [-0.4, -0.2) is 51.1 Å². The first kappa shape index (κ1) is 18.0. The third kappa shape index (κ3) is 3.77. The number of anilines is 2. The van der Waals surface area contributed by atoms with Crippen molar-refractivity contribution in [2.75, 3.05) is 36.0 Å². The SMILES string of the molecule is c1cnc(N2CCC[C@@H](c3nc(N4CCCC4)ncc3-c3cccnc3)C2)nc1. The summed E-state index contributed by atoms with van der Waals surface area (Å²) in [6, 6.07) is 5.92. The minimum Gasteiger partial charge on any atom is -0.341 e. The number of pyridine rings is 1. The molecule has 0 aromatic carbocycles. The molecular formula is C22H25N7. The molecule has 2 aliphatic rings. The van der Waals surface area contributed by atoms with Crippen LogP contribution in [-0.2, 0) is 0 Å². The molecule has 2 aliphatic heterocycles. The van der Waals surface area contributed by atoms with E-state index in [2.05, 4.69) is 30.8 Å². The van der Waals surface area contributed by atoms with Crippen LogP contribution in [0.15, 0.2) is 49.2 Å². The molecular weight excluding hydrogens is 362 g/mol. The lowest BCUT2D eigenvalue weighted by Crippen LogP contribution is -2.36. The van der Waals surface area contributed by atoms with E-state index >= 15 is 0 Å². The molecule has 0 aliphatic carbocycles. The largest absolute Gasteiger partial charge is 0.341 e. The molecule has 0 amide bonds. The maximum atomic E-state index is 5.10. The number of aromatic nitrogens is 5. The highest BCUT2D eigenvalue weighted by atomic mass is 15.3. The van der Waals surface area contributed by atoms with Gasteiger partial charge in [-0.3, -0.25) is 4.98 Å². The molecule has 0 saturated carbocycles. The smallest absolute Gasteiger partial charge is 0.225 e. The maximum absolute atomic E-state index is 5.10. The second-order valence-electron chi connectivity index (χ2n) is 7.74. The number of hydrogen-bond acceptors (Lipinski definition) is 7. The first-order chi connectivity index (χ1) is 14.4.